The summed E-state index contributed by atoms with van der Waals surface area (Å²) in [7, 11) is 0. The Kier molecular flexibility index (Phi) is 3.81. The Bertz CT molecular complexity index is 1050. The van der Waals surface area contributed by atoms with Crippen molar-refractivity contribution in [2.24, 2.45) is 0 Å². The van der Waals surface area contributed by atoms with Crippen LogP contribution in [0.5, 0.6) is 0 Å². The monoisotopic (exact) mass is 389 g/mol. The maximum atomic E-state index is 12.5. The number of nitrogens with zero attached hydrogens (tertiary/aromatic N) is 1. The Balaban J connectivity index is 1.34. The molecule has 0 radical (unpaired) electrons. The van der Waals surface area contributed by atoms with Gasteiger partial charge in [0.15, 0.2) is 0 Å². The number of rotatable bonds is 3. The lowest BCUT2D eigenvalue weighted by atomic mass is 9.80. The lowest BCUT2D eigenvalue weighted by Gasteiger charge is -2.21. The Hall–Kier alpha value is -3.48. The summed E-state index contributed by atoms with van der Waals surface area (Å²) in [6, 6.07) is 11.9. The highest BCUT2D eigenvalue weighted by atomic mass is 16.2. The lowest BCUT2D eigenvalue weighted by molar-refractivity contribution is -0.120. The van der Waals surface area contributed by atoms with Gasteiger partial charge in [-0.15, -0.1) is 0 Å². The van der Waals surface area contributed by atoms with Crippen LogP contribution < -0.4 is 10.6 Å². The van der Waals surface area contributed by atoms with E-state index in [0.717, 1.165) is 41.8 Å². The van der Waals surface area contributed by atoms with Gasteiger partial charge in [0.25, 0.3) is 11.8 Å². The van der Waals surface area contributed by atoms with Gasteiger partial charge in [-0.25, -0.2) is 0 Å². The molecule has 7 nitrogen and oxygen atoms in total. The zero-order valence-electron chi connectivity index (χ0n) is 15.7. The van der Waals surface area contributed by atoms with E-state index in [1.807, 2.05) is 6.07 Å². The van der Waals surface area contributed by atoms with Crippen LogP contribution in [0.1, 0.15) is 52.0 Å². The third-order valence-corrected chi connectivity index (χ3v) is 6.14. The van der Waals surface area contributed by atoms with Crippen LogP contribution in [-0.4, -0.2) is 35.1 Å². The van der Waals surface area contributed by atoms with E-state index in [9.17, 15) is 19.2 Å². The number of carbonyl (C=O) groups is 4. The summed E-state index contributed by atoms with van der Waals surface area (Å²) in [6.45, 7) is -0.355. The minimum atomic E-state index is -0.501. The van der Waals surface area contributed by atoms with Crippen molar-refractivity contribution in [2.45, 2.75) is 31.1 Å². The van der Waals surface area contributed by atoms with E-state index in [1.54, 1.807) is 36.4 Å². The topological polar surface area (TPSA) is 95.6 Å². The van der Waals surface area contributed by atoms with Crippen molar-refractivity contribution in [1.29, 1.82) is 0 Å². The van der Waals surface area contributed by atoms with Gasteiger partial charge in [-0.3, -0.25) is 24.1 Å². The highest BCUT2D eigenvalue weighted by Crippen LogP contribution is 2.49. The van der Waals surface area contributed by atoms with Crippen molar-refractivity contribution in [3.05, 3.63) is 59.2 Å². The van der Waals surface area contributed by atoms with Crippen LogP contribution in [0, 0.1) is 0 Å². The molecule has 2 aromatic rings. The predicted molar refractivity (Wildman–Crippen MR) is 106 cm³/mol. The van der Waals surface area contributed by atoms with Gasteiger partial charge >= 0.3 is 0 Å². The summed E-state index contributed by atoms with van der Waals surface area (Å²) in [5, 5.41) is 5.71. The fraction of sp³-hybridized carbons (Fsp3) is 0.273. The summed E-state index contributed by atoms with van der Waals surface area (Å²) in [4.78, 5) is 50.9. The molecule has 4 amide bonds. The zero-order valence-corrected chi connectivity index (χ0v) is 15.7. The maximum absolute atomic E-state index is 12.5. The molecule has 0 aromatic heterocycles. The average Bonchev–Trinajstić information content (AvgIpc) is 3.38. The third kappa shape index (κ3) is 2.57. The minimum Gasteiger partial charge on any atom is -0.325 e. The Labute approximate surface area is 167 Å². The van der Waals surface area contributed by atoms with E-state index in [4.69, 9.17) is 0 Å². The van der Waals surface area contributed by atoms with Crippen molar-refractivity contribution in [3.8, 4) is 0 Å². The summed E-state index contributed by atoms with van der Waals surface area (Å²) >= 11 is 0. The van der Waals surface area contributed by atoms with Gasteiger partial charge in [0, 0.05) is 11.4 Å². The predicted octanol–water partition coefficient (Wildman–Crippen LogP) is 2.69. The third-order valence-electron chi connectivity index (χ3n) is 6.14. The molecule has 2 N–H and O–H groups in total. The van der Waals surface area contributed by atoms with Crippen LogP contribution in [0.3, 0.4) is 0 Å². The van der Waals surface area contributed by atoms with Crippen molar-refractivity contribution >= 4 is 35.0 Å². The molecule has 0 unspecified atom stereocenters. The normalized spacial score (nSPS) is 18.8. The highest BCUT2D eigenvalue weighted by molar-refractivity contribution is 6.22. The minimum absolute atomic E-state index is 0.0273. The van der Waals surface area contributed by atoms with Gasteiger partial charge in [-0.1, -0.05) is 25.0 Å². The van der Waals surface area contributed by atoms with Crippen LogP contribution in [-0.2, 0) is 15.0 Å². The smallest absolute Gasteiger partial charge is 0.262 e. The molecular weight excluding hydrogens is 370 g/mol. The molecule has 0 saturated heterocycles. The van der Waals surface area contributed by atoms with Crippen LogP contribution >= 0.6 is 0 Å². The number of amides is 4. The lowest BCUT2D eigenvalue weighted by Crippen LogP contribution is -2.37. The van der Waals surface area contributed by atoms with Crippen LogP contribution in [0.2, 0.25) is 0 Å². The molecule has 29 heavy (non-hydrogen) atoms. The van der Waals surface area contributed by atoms with E-state index in [-0.39, 0.29) is 12.5 Å². The first-order chi connectivity index (χ1) is 14.0. The number of benzene rings is 2. The first-order valence-corrected chi connectivity index (χ1v) is 9.71. The van der Waals surface area contributed by atoms with E-state index in [1.165, 1.54) is 0 Å². The molecule has 1 saturated carbocycles. The molecule has 146 valence electrons. The summed E-state index contributed by atoms with van der Waals surface area (Å²) < 4.78 is 0. The standard InChI is InChI=1S/C22H19N3O4/c26-18(12-25-19(27)14-5-1-2-6-15(14)20(25)28)23-13-7-8-17-16(11-13)22(21(29)24-17)9-3-4-10-22/h1-2,5-8,11H,3-4,9-10,12H2,(H,23,26)(H,24,29). The van der Waals surface area contributed by atoms with E-state index < -0.39 is 23.1 Å². The molecule has 0 atom stereocenters. The second-order valence-corrected chi connectivity index (χ2v) is 7.79. The summed E-state index contributed by atoms with van der Waals surface area (Å²) in [5.41, 5.74) is 2.38. The van der Waals surface area contributed by atoms with Crippen molar-refractivity contribution in [2.75, 3.05) is 17.2 Å². The first-order valence-electron chi connectivity index (χ1n) is 9.71. The van der Waals surface area contributed by atoms with E-state index >= 15 is 0 Å². The average molecular weight is 389 g/mol. The number of carbonyl (C=O) groups excluding carboxylic acids is 4. The van der Waals surface area contributed by atoms with Crippen LogP contribution in [0.25, 0.3) is 0 Å². The highest BCUT2D eigenvalue weighted by Gasteiger charge is 2.48. The fourth-order valence-electron chi connectivity index (χ4n) is 4.69. The van der Waals surface area contributed by atoms with Crippen LogP contribution in [0.4, 0.5) is 11.4 Å². The largest absolute Gasteiger partial charge is 0.325 e. The Morgan fingerprint density at radius 3 is 2.31 bits per heavy atom. The number of hydrogen-bond donors (Lipinski definition) is 2. The van der Waals surface area contributed by atoms with Gasteiger partial charge < -0.3 is 10.6 Å². The Morgan fingerprint density at radius 2 is 1.66 bits per heavy atom. The van der Waals surface area contributed by atoms with Gasteiger partial charge in [0.05, 0.1) is 16.5 Å². The van der Waals surface area contributed by atoms with E-state index in [0.29, 0.717) is 16.8 Å². The number of fused-ring (bicyclic) bond motifs is 3. The fourth-order valence-corrected chi connectivity index (χ4v) is 4.69. The molecule has 1 aliphatic carbocycles. The van der Waals surface area contributed by atoms with E-state index in [2.05, 4.69) is 10.6 Å². The molecule has 0 bridgehead atoms. The molecule has 7 heteroatoms. The maximum Gasteiger partial charge on any atom is 0.262 e. The number of hydrogen-bond acceptors (Lipinski definition) is 4. The molecule has 1 spiro atoms. The summed E-state index contributed by atoms with van der Waals surface area (Å²) in [5.74, 6) is -1.36. The van der Waals surface area contributed by atoms with Crippen molar-refractivity contribution in [3.63, 3.8) is 0 Å². The quantitative estimate of drug-likeness (QED) is 0.789. The van der Waals surface area contributed by atoms with Gasteiger partial charge in [0.1, 0.15) is 6.54 Å². The first kappa shape index (κ1) is 17.6. The van der Waals surface area contributed by atoms with Crippen molar-refractivity contribution in [1.82, 2.24) is 4.90 Å². The molecule has 5 rings (SSSR count). The number of nitrogens with one attached hydrogen (secondary N) is 2. The molecule has 2 heterocycles. The summed E-state index contributed by atoms with van der Waals surface area (Å²) in [6.07, 6.45) is 3.61. The van der Waals surface area contributed by atoms with Gasteiger partial charge in [-0.2, -0.15) is 0 Å². The molecule has 1 fully saturated rings. The molecule has 2 aliphatic heterocycles. The Morgan fingerprint density at radius 1 is 1.00 bits per heavy atom. The SMILES string of the molecule is O=C(CN1C(=O)c2ccccc2C1=O)Nc1ccc2c(c1)C1(CCCC1)C(=O)N2. The second-order valence-electron chi connectivity index (χ2n) is 7.79. The van der Waals surface area contributed by atoms with Gasteiger partial charge in [-0.05, 0) is 48.7 Å². The van der Waals surface area contributed by atoms with Crippen LogP contribution in [0.15, 0.2) is 42.5 Å². The molecular formula is C22H19N3O4. The number of anilines is 2. The number of imide groups is 1. The van der Waals surface area contributed by atoms with Gasteiger partial charge in [0.2, 0.25) is 11.8 Å². The second kappa shape index (κ2) is 6.27. The van der Waals surface area contributed by atoms with Crippen molar-refractivity contribution < 1.29 is 19.2 Å². The molecule has 3 aliphatic rings. The zero-order chi connectivity index (χ0) is 20.2. The molecule has 2 aromatic carbocycles.